The van der Waals surface area contributed by atoms with Gasteiger partial charge in [-0.05, 0) is 6.07 Å². The van der Waals surface area contributed by atoms with Crippen LogP contribution in [0.25, 0.3) is 0 Å². The van der Waals surface area contributed by atoms with Crippen molar-refractivity contribution in [3.8, 4) is 5.75 Å². The van der Waals surface area contributed by atoms with Gasteiger partial charge in [-0.25, -0.2) is 22.8 Å². The van der Waals surface area contributed by atoms with E-state index in [1.54, 1.807) is 0 Å². The Morgan fingerprint density at radius 1 is 1.13 bits per heavy atom. The van der Waals surface area contributed by atoms with Gasteiger partial charge in [0.05, 0.1) is 49.8 Å². The van der Waals surface area contributed by atoms with Crippen LogP contribution in [-0.4, -0.2) is 71.9 Å². The number of carboxylic acid groups (broad SMARTS) is 1. The van der Waals surface area contributed by atoms with Crippen LogP contribution in [0.1, 0.15) is 17.3 Å². The first kappa shape index (κ1) is 23.2. The third-order valence-electron chi connectivity index (χ3n) is 4.35. The Kier molecular flexibility index (Phi) is 7.05. The van der Waals surface area contributed by atoms with Gasteiger partial charge in [-0.1, -0.05) is 6.92 Å². The molecule has 1 aromatic carbocycles. The van der Waals surface area contributed by atoms with E-state index in [1.807, 2.05) is 0 Å². The summed E-state index contributed by atoms with van der Waals surface area (Å²) in [6.07, 6.45) is 0. The normalized spacial score (nSPS) is 14.3. The summed E-state index contributed by atoms with van der Waals surface area (Å²) in [5, 5.41) is 9.43. The molecular formula is C18H21NO10S. The van der Waals surface area contributed by atoms with Crippen LogP contribution in [0.2, 0.25) is 0 Å². The summed E-state index contributed by atoms with van der Waals surface area (Å²) in [4.78, 5) is 37.0. The molecule has 12 heteroatoms. The second-order valence-corrected chi connectivity index (χ2v) is 8.19. The van der Waals surface area contributed by atoms with Crippen LogP contribution < -0.4 is 9.64 Å². The van der Waals surface area contributed by atoms with Crippen molar-refractivity contribution in [3.63, 3.8) is 0 Å². The van der Waals surface area contributed by atoms with Crippen LogP contribution in [0.4, 0.5) is 5.69 Å². The zero-order valence-electron chi connectivity index (χ0n) is 16.8. The fraction of sp³-hybridized carbons (Fsp3) is 0.389. The number of sulfone groups is 1. The van der Waals surface area contributed by atoms with Gasteiger partial charge in [0.25, 0.3) is 0 Å². The maximum Gasteiger partial charge on any atom is 0.355 e. The highest BCUT2D eigenvalue weighted by molar-refractivity contribution is 7.91. The molecule has 30 heavy (non-hydrogen) atoms. The van der Waals surface area contributed by atoms with E-state index in [0.29, 0.717) is 0 Å². The summed E-state index contributed by atoms with van der Waals surface area (Å²) in [5.74, 6) is -3.70. The Balaban J connectivity index is 2.90. The number of esters is 2. The minimum absolute atomic E-state index is 0.111. The molecule has 164 valence electrons. The van der Waals surface area contributed by atoms with E-state index in [1.165, 1.54) is 14.0 Å². The summed E-state index contributed by atoms with van der Waals surface area (Å²) in [6, 6.07) is 2.09. The number of methoxy groups -OCH3 is 3. The van der Waals surface area contributed by atoms with Crippen molar-refractivity contribution in [3.05, 3.63) is 29.0 Å². The van der Waals surface area contributed by atoms with Crippen molar-refractivity contribution in [2.24, 2.45) is 0 Å². The zero-order valence-corrected chi connectivity index (χ0v) is 17.6. The van der Waals surface area contributed by atoms with Crippen molar-refractivity contribution >= 4 is 33.4 Å². The van der Waals surface area contributed by atoms with Crippen LogP contribution >= 0.6 is 0 Å². The largest absolute Gasteiger partial charge is 0.496 e. The van der Waals surface area contributed by atoms with Gasteiger partial charge in [-0.3, -0.25) is 0 Å². The van der Waals surface area contributed by atoms with Crippen molar-refractivity contribution in [2.45, 2.75) is 11.8 Å². The summed E-state index contributed by atoms with van der Waals surface area (Å²) in [5.41, 5.74) is -0.965. The number of ether oxygens (including phenoxy) is 4. The Morgan fingerprint density at radius 3 is 2.27 bits per heavy atom. The maximum absolute atomic E-state index is 12.7. The molecule has 1 aliphatic heterocycles. The van der Waals surface area contributed by atoms with E-state index in [4.69, 9.17) is 14.2 Å². The van der Waals surface area contributed by atoms with Gasteiger partial charge in [0, 0.05) is 6.07 Å². The third-order valence-corrected chi connectivity index (χ3v) is 6.11. The standard InChI is InChI=1S/C18H21NO10S/c1-5-30(24,25)14-6-10(16(20)21)13(26-2)7-12(14)19-9-29-8-11(17(22)27-3)15(19)18(23)28-4/h6-7H,5,8-9H2,1-4H3,(H,20,21). The molecule has 0 atom stereocenters. The predicted octanol–water partition coefficient (Wildman–Crippen LogP) is 0.581. The van der Waals surface area contributed by atoms with Crippen LogP contribution in [0, 0.1) is 0 Å². The average molecular weight is 443 g/mol. The second kappa shape index (κ2) is 9.13. The Bertz CT molecular complexity index is 1010. The van der Waals surface area contributed by atoms with Crippen molar-refractivity contribution in [1.29, 1.82) is 0 Å². The highest BCUT2D eigenvalue weighted by Gasteiger charge is 2.36. The summed E-state index contributed by atoms with van der Waals surface area (Å²) >= 11 is 0. The molecule has 0 saturated carbocycles. The highest BCUT2D eigenvalue weighted by atomic mass is 32.2. The van der Waals surface area contributed by atoms with E-state index < -0.39 is 27.7 Å². The van der Waals surface area contributed by atoms with Crippen LogP contribution in [-0.2, 0) is 33.6 Å². The fourth-order valence-electron chi connectivity index (χ4n) is 2.83. The Labute approximate surface area is 172 Å². The topological polar surface area (TPSA) is 146 Å². The number of rotatable bonds is 7. The number of carbonyl (C=O) groups excluding carboxylic acids is 2. The zero-order chi connectivity index (χ0) is 22.6. The molecule has 1 aliphatic rings. The molecule has 1 N–H and O–H groups in total. The third kappa shape index (κ3) is 4.24. The Hall–Kier alpha value is -3.12. The molecule has 0 spiro atoms. The molecule has 0 radical (unpaired) electrons. The van der Waals surface area contributed by atoms with E-state index >= 15 is 0 Å². The molecule has 0 fully saturated rings. The molecule has 0 aromatic heterocycles. The van der Waals surface area contributed by atoms with Gasteiger partial charge in [0.15, 0.2) is 9.84 Å². The first-order chi connectivity index (χ1) is 14.1. The molecule has 2 rings (SSSR count). The lowest BCUT2D eigenvalue weighted by Crippen LogP contribution is -2.39. The van der Waals surface area contributed by atoms with Crippen LogP contribution in [0.3, 0.4) is 0 Å². The number of aromatic carboxylic acids is 1. The average Bonchev–Trinajstić information content (AvgIpc) is 2.76. The number of nitrogens with zero attached hydrogens (tertiary/aromatic N) is 1. The molecule has 0 aliphatic carbocycles. The van der Waals surface area contributed by atoms with E-state index in [2.05, 4.69) is 4.74 Å². The molecular weight excluding hydrogens is 422 g/mol. The number of hydrogen-bond donors (Lipinski definition) is 1. The molecule has 1 aromatic rings. The first-order valence-electron chi connectivity index (χ1n) is 8.56. The second-order valence-electron chi connectivity index (χ2n) is 5.94. The predicted molar refractivity (Wildman–Crippen MR) is 102 cm³/mol. The smallest absolute Gasteiger partial charge is 0.355 e. The van der Waals surface area contributed by atoms with E-state index in [9.17, 15) is 27.9 Å². The molecule has 0 saturated heterocycles. The highest BCUT2D eigenvalue weighted by Crippen LogP contribution is 2.37. The lowest BCUT2D eigenvalue weighted by atomic mass is 10.1. The van der Waals surface area contributed by atoms with Crippen LogP contribution in [0.15, 0.2) is 28.3 Å². The number of hydrogen-bond acceptors (Lipinski definition) is 10. The van der Waals surface area contributed by atoms with Crippen molar-refractivity contribution in [2.75, 3.05) is 45.3 Å². The van der Waals surface area contributed by atoms with Gasteiger partial charge in [0.1, 0.15) is 23.7 Å². The minimum atomic E-state index is -3.97. The number of carboxylic acids is 1. The molecule has 0 amide bonds. The maximum atomic E-state index is 12.7. The van der Waals surface area contributed by atoms with Gasteiger partial charge in [0.2, 0.25) is 0 Å². The van der Waals surface area contributed by atoms with Gasteiger partial charge >= 0.3 is 17.9 Å². The lowest BCUT2D eigenvalue weighted by molar-refractivity contribution is -0.140. The number of anilines is 1. The molecule has 0 unspecified atom stereocenters. The van der Waals surface area contributed by atoms with Gasteiger partial charge < -0.3 is 29.0 Å². The van der Waals surface area contributed by atoms with Gasteiger partial charge in [-0.15, -0.1) is 0 Å². The molecule has 0 bridgehead atoms. The van der Waals surface area contributed by atoms with Gasteiger partial charge in [-0.2, -0.15) is 0 Å². The minimum Gasteiger partial charge on any atom is -0.496 e. The number of carbonyl (C=O) groups is 3. The number of benzene rings is 1. The fourth-order valence-corrected chi connectivity index (χ4v) is 3.93. The van der Waals surface area contributed by atoms with Crippen LogP contribution in [0.5, 0.6) is 5.75 Å². The molecule has 11 nitrogen and oxygen atoms in total. The monoisotopic (exact) mass is 443 g/mol. The summed E-state index contributed by atoms with van der Waals surface area (Å²) in [7, 11) is -0.549. The summed E-state index contributed by atoms with van der Waals surface area (Å²) in [6.45, 7) is 0.800. The van der Waals surface area contributed by atoms with E-state index in [0.717, 1.165) is 31.3 Å². The Morgan fingerprint density at radius 2 is 1.77 bits per heavy atom. The lowest BCUT2D eigenvalue weighted by Gasteiger charge is -2.32. The SMILES string of the molecule is CCS(=O)(=O)c1cc(C(=O)O)c(OC)cc1N1COCC(C(=O)OC)=C1C(=O)OC. The first-order valence-corrected chi connectivity index (χ1v) is 10.2. The molecule has 1 heterocycles. The van der Waals surface area contributed by atoms with E-state index in [-0.39, 0.29) is 52.3 Å². The van der Waals surface area contributed by atoms with Crippen molar-refractivity contribution in [1.82, 2.24) is 0 Å². The summed E-state index contributed by atoms with van der Waals surface area (Å²) < 4.78 is 45.4. The van der Waals surface area contributed by atoms with Crippen molar-refractivity contribution < 1.29 is 46.9 Å². The quantitative estimate of drug-likeness (QED) is 0.590.